The van der Waals surface area contributed by atoms with Crippen LogP contribution in [0.15, 0.2) is 14.4 Å². The van der Waals surface area contributed by atoms with Crippen molar-refractivity contribution in [2.75, 3.05) is 13.2 Å². The molecule has 0 aromatic carbocycles. The lowest BCUT2D eigenvalue weighted by Crippen LogP contribution is -2.56. The van der Waals surface area contributed by atoms with Gasteiger partial charge >= 0.3 is 17.1 Å². The minimum atomic E-state index is -1.34. The highest BCUT2D eigenvalue weighted by molar-refractivity contribution is 4.80. The molecule has 10 heteroatoms. The molecular weight excluding hydrogens is 286 g/mol. The normalized spacial score (nSPS) is 14.1. The van der Waals surface area contributed by atoms with Crippen molar-refractivity contribution in [2.45, 2.75) is 38.8 Å². The summed E-state index contributed by atoms with van der Waals surface area (Å²) in [5.74, 6) is 0. The molecule has 0 saturated heterocycles. The quantitative estimate of drug-likeness (QED) is 0.400. The predicted octanol–water partition coefficient (Wildman–Crippen LogP) is -4.10. The highest BCUT2D eigenvalue weighted by atomic mass is 16.3. The van der Waals surface area contributed by atoms with E-state index in [0.29, 0.717) is 9.13 Å². The fourth-order valence-electron chi connectivity index (χ4n) is 1.80. The van der Waals surface area contributed by atoms with Gasteiger partial charge in [0, 0.05) is 6.54 Å². The average molecular weight is 305 g/mol. The van der Waals surface area contributed by atoms with Crippen LogP contribution >= 0.6 is 0 Å². The third-order valence-corrected chi connectivity index (χ3v) is 2.91. The molecule has 0 bridgehead atoms. The monoisotopic (exact) mass is 305 g/mol. The molecule has 1 rings (SSSR count). The van der Waals surface area contributed by atoms with Gasteiger partial charge in [0.05, 0.1) is 38.5 Å². The van der Waals surface area contributed by atoms with Crippen LogP contribution in [0.4, 0.5) is 0 Å². The van der Waals surface area contributed by atoms with Gasteiger partial charge in [-0.2, -0.15) is 0 Å². The topological polar surface area (TPSA) is 147 Å². The van der Waals surface area contributed by atoms with E-state index in [2.05, 4.69) is 0 Å². The Morgan fingerprint density at radius 2 is 1.14 bits per heavy atom. The molecule has 4 N–H and O–H groups in total. The largest absolute Gasteiger partial charge is 0.394 e. The lowest BCUT2D eigenvalue weighted by molar-refractivity contribution is 0.0710. The maximum Gasteiger partial charge on any atom is 0.336 e. The Hall–Kier alpha value is -1.75. The van der Waals surface area contributed by atoms with Crippen LogP contribution < -0.4 is 17.1 Å². The third kappa shape index (κ3) is 3.67. The maximum atomic E-state index is 12.1. The second-order valence-corrected chi connectivity index (χ2v) is 4.49. The van der Waals surface area contributed by atoms with Crippen molar-refractivity contribution in [2.24, 2.45) is 0 Å². The molecule has 120 valence electrons. The Balaban J connectivity index is 3.51. The molecule has 2 atom stereocenters. The van der Waals surface area contributed by atoms with Gasteiger partial charge in [0.15, 0.2) is 0 Å². The number of nitrogens with zero attached hydrogens (tertiary/aromatic N) is 3. The third-order valence-electron chi connectivity index (χ3n) is 2.91. The molecule has 0 radical (unpaired) electrons. The fourth-order valence-corrected chi connectivity index (χ4v) is 1.80. The number of aromatic nitrogens is 3. The summed E-state index contributed by atoms with van der Waals surface area (Å²) in [7, 11) is 0. The zero-order chi connectivity index (χ0) is 16.2. The van der Waals surface area contributed by atoms with Gasteiger partial charge in [-0.05, 0) is 6.92 Å². The van der Waals surface area contributed by atoms with Gasteiger partial charge in [-0.15, -0.1) is 0 Å². The zero-order valence-corrected chi connectivity index (χ0v) is 11.5. The molecular formula is C11H19N3O7. The first-order chi connectivity index (χ1) is 9.87. The number of hydrogen-bond donors (Lipinski definition) is 4. The second kappa shape index (κ2) is 7.31. The molecule has 2 unspecified atom stereocenters. The van der Waals surface area contributed by atoms with E-state index in [1.807, 2.05) is 0 Å². The van der Waals surface area contributed by atoms with Crippen LogP contribution in [0.3, 0.4) is 0 Å². The Kier molecular flexibility index (Phi) is 6.03. The number of hydrogen-bond acceptors (Lipinski definition) is 7. The lowest BCUT2D eigenvalue weighted by atomic mass is 10.3. The van der Waals surface area contributed by atoms with Gasteiger partial charge in [0.2, 0.25) is 0 Å². The molecule has 1 heterocycles. The summed E-state index contributed by atoms with van der Waals surface area (Å²) in [5.41, 5.74) is -2.83. The fraction of sp³-hybridized carbons (Fsp3) is 0.727. The highest BCUT2D eigenvalue weighted by Crippen LogP contribution is 1.87. The van der Waals surface area contributed by atoms with Crippen LogP contribution in [-0.4, -0.2) is 59.5 Å². The first kappa shape index (κ1) is 17.3. The number of aliphatic hydroxyl groups excluding tert-OH is 4. The van der Waals surface area contributed by atoms with Gasteiger partial charge in [-0.25, -0.2) is 28.1 Å². The van der Waals surface area contributed by atoms with Crippen LogP contribution in [0.25, 0.3) is 0 Å². The van der Waals surface area contributed by atoms with Gasteiger partial charge in [0.25, 0.3) is 0 Å². The molecule has 0 spiro atoms. The smallest absolute Gasteiger partial charge is 0.336 e. The van der Waals surface area contributed by atoms with Gasteiger partial charge < -0.3 is 20.4 Å². The summed E-state index contributed by atoms with van der Waals surface area (Å²) in [5, 5.41) is 36.3. The highest BCUT2D eigenvalue weighted by Gasteiger charge is 2.18. The standard InChI is InChI=1S/C11H19N3O7/c1-2-12-9(19)13(3-7(17)5-15)11(21)14(10(12)20)4-8(18)6-16/h7-8,15-18H,2-6H2,1H3. The van der Waals surface area contributed by atoms with Gasteiger partial charge in [-0.3, -0.25) is 0 Å². The van der Waals surface area contributed by atoms with Crippen molar-refractivity contribution in [3.63, 3.8) is 0 Å². The zero-order valence-electron chi connectivity index (χ0n) is 11.5. The van der Waals surface area contributed by atoms with E-state index in [9.17, 15) is 24.6 Å². The lowest BCUT2D eigenvalue weighted by Gasteiger charge is -2.16. The molecule has 0 aliphatic rings. The van der Waals surface area contributed by atoms with Crippen molar-refractivity contribution < 1.29 is 20.4 Å². The Morgan fingerprint density at radius 3 is 1.43 bits per heavy atom. The molecule has 1 aromatic rings. The molecule has 1 aromatic heterocycles. The van der Waals surface area contributed by atoms with E-state index >= 15 is 0 Å². The first-order valence-electron chi connectivity index (χ1n) is 6.39. The van der Waals surface area contributed by atoms with Crippen LogP contribution in [0.1, 0.15) is 6.92 Å². The molecule has 21 heavy (non-hydrogen) atoms. The minimum Gasteiger partial charge on any atom is -0.394 e. The minimum absolute atomic E-state index is 0.0115. The summed E-state index contributed by atoms with van der Waals surface area (Å²) in [6.07, 6.45) is -2.68. The van der Waals surface area contributed by atoms with Gasteiger partial charge in [-0.1, -0.05) is 0 Å². The van der Waals surface area contributed by atoms with E-state index in [1.165, 1.54) is 6.92 Å². The first-order valence-corrected chi connectivity index (χ1v) is 6.39. The maximum absolute atomic E-state index is 12.1. The van der Waals surface area contributed by atoms with Crippen LogP contribution in [0.2, 0.25) is 0 Å². The molecule has 0 fully saturated rings. The van der Waals surface area contributed by atoms with Crippen molar-refractivity contribution in [3.8, 4) is 0 Å². The van der Waals surface area contributed by atoms with E-state index in [0.717, 1.165) is 4.57 Å². The molecule has 0 amide bonds. The van der Waals surface area contributed by atoms with E-state index in [4.69, 9.17) is 10.2 Å². The molecule has 0 saturated carbocycles. The molecule has 10 nitrogen and oxygen atoms in total. The number of aliphatic hydroxyl groups is 4. The van der Waals surface area contributed by atoms with Crippen molar-refractivity contribution in [1.82, 2.24) is 13.7 Å². The molecule has 0 aliphatic carbocycles. The molecule has 0 aliphatic heterocycles. The van der Waals surface area contributed by atoms with E-state index in [-0.39, 0.29) is 6.54 Å². The summed E-state index contributed by atoms with van der Waals surface area (Å²) < 4.78 is 1.97. The van der Waals surface area contributed by atoms with Crippen LogP contribution in [0, 0.1) is 0 Å². The van der Waals surface area contributed by atoms with Crippen LogP contribution in [-0.2, 0) is 19.6 Å². The van der Waals surface area contributed by atoms with Crippen LogP contribution in [0.5, 0.6) is 0 Å². The Morgan fingerprint density at radius 1 is 0.810 bits per heavy atom. The summed E-state index contributed by atoms with van der Waals surface area (Å²) >= 11 is 0. The summed E-state index contributed by atoms with van der Waals surface area (Å²) in [6.45, 7) is -0.768. The van der Waals surface area contributed by atoms with Gasteiger partial charge in [0.1, 0.15) is 0 Å². The Labute approximate surface area is 118 Å². The average Bonchev–Trinajstić information content (AvgIpc) is 2.47. The summed E-state index contributed by atoms with van der Waals surface area (Å²) in [4.78, 5) is 36.1. The predicted molar refractivity (Wildman–Crippen MR) is 71.1 cm³/mol. The number of rotatable bonds is 7. The Bertz CT molecular complexity index is 594. The van der Waals surface area contributed by atoms with Crippen molar-refractivity contribution in [1.29, 1.82) is 0 Å². The van der Waals surface area contributed by atoms with Crippen molar-refractivity contribution >= 4 is 0 Å². The summed E-state index contributed by atoms with van der Waals surface area (Å²) in [6, 6.07) is 0. The van der Waals surface area contributed by atoms with E-state index < -0.39 is 55.6 Å². The van der Waals surface area contributed by atoms with Crippen molar-refractivity contribution in [3.05, 3.63) is 31.5 Å². The SMILES string of the molecule is CCn1c(=O)n(CC(O)CO)c(=O)n(CC(O)CO)c1=O. The van der Waals surface area contributed by atoms with E-state index in [1.54, 1.807) is 0 Å². The second-order valence-electron chi connectivity index (χ2n) is 4.49.